The highest BCUT2D eigenvalue weighted by Crippen LogP contribution is 2.28. The van der Waals surface area contributed by atoms with Crippen molar-refractivity contribution in [1.82, 2.24) is 0 Å². The Morgan fingerprint density at radius 1 is 0.562 bits per heavy atom. The second-order valence-corrected chi connectivity index (χ2v) is 10.1. The lowest BCUT2D eigenvalue weighted by atomic mass is 9.86. The van der Waals surface area contributed by atoms with Crippen LogP contribution in [0, 0.1) is 0 Å². The Labute approximate surface area is 191 Å². The molecule has 0 spiro atoms. The first-order valence-corrected chi connectivity index (χ1v) is 10.8. The van der Waals surface area contributed by atoms with Crippen LogP contribution in [-0.2, 0) is 10.8 Å². The summed E-state index contributed by atoms with van der Waals surface area (Å²) in [6, 6.07) is 18.7. The number of phenols is 2. The van der Waals surface area contributed by atoms with E-state index in [0.29, 0.717) is 11.1 Å². The van der Waals surface area contributed by atoms with Crippen molar-refractivity contribution >= 4 is 23.8 Å². The van der Waals surface area contributed by atoms with Crippen LogP contribution >= 0.6 is 0 Å². The fourth-order valence-corrected chi connectivity index (χ4v) is 3.16. The first kappa shape index (κ1) is 23.3. The third-order valence-corrected chi connectivity index (χ3v) is 5.34. The van der Waals surface area contributed by atoms with Gasteiger partial charge in [0.25, 0.3) is 0 Å². The van der Waals surface area contributed by atoms with Crippen molar-refractivity contribution in [3.8, 4) is 11.5 Å². The Balaban J connectivity index is 1.77. The average Bonchev–Trinajstić information content (AvgIpc) is 2.71. The Morgan fingerprint density at radius 3 is 1.22 bits per heavy atom. The van der Waals surface area contributed by atoms with E-state index < -0.39 is 0 Å². The van der Waals surface area contributed by atoms with E-state index in [9.17, 15) is 10.2 Å². The van der Waals surface area contributed by atoms with Crippen LogP contribution in [0.15, 0.2) is 70.6 Å². The molecule has 2 N–H and O–H groups in total. The molecule has 4 nitrogen and oxygen atoms in total. The van der Waals surface area contributed by atoms with Crippen LogP contribution in [0.2, 0.25) is 0 Å². The summed E-state index contributed by atoms with van der Waals surface area (Å²) in [5.41, 5.74) is 5.18. The lowest BCUT2D eigenvalue weighted by Crippen LogP contribution is -2.11. The van der Waals surface area contributed by atoms with Crippen molar-refractivity contribution in [3.63, 3.8) is 0 Å². The number of aliphatic imine (C=N–C) groups is 2. The zero-order valence-corrected chi connectivity index (χ0v) is 19.7. The molecule has 0 atom stereocenters. The summed E-state index contributed by atoms with van der Waals surface area (Å²) >= 11 is 0. The van der Waals surface area contributed by atoms with Gasteiger partial charge in [0.15, 0.2) is 0 Å². The highest BCUT2D eigenvalue weighted by atomic mass is 16.3. The molecule has 0 aromatic heterocycles. The standard InChI is InChI=1S/C28H32N2O2/c1-27(2,3)21-7-13-25(31)19(15-21)17-29-23-9-11-24(12-10-23)30-18-20-16-22(28(4,5)6)8-14-26(20)32/h7-18,31-32H,1-6H3. The van der Waals surface area contributed by atoms with Gasteiger partial charge in [0.2, 0.25) is 0 Å². The summed E-state index contributed by atoms with van der Waals surface area (Å²) < 4.78 is 0. The van der Waals surface area contributed by atoms with Crippen molar-refractivity contribution in [2.75, 3.05) is 0 Å². The van der Waals surface area contributed by atoms with Gasteiger partial charge in [0.1, 0.15) is 11.5 Å². The molecule has 0 bridgehead atoms. The number of benzene rings is 3. The summed E-state index contributed by atoms with van der Waals surface area (Å²) in [5.74, 6) is 0.417. The monoisotopic (exact) mass is 428 g/mol. The molecule has 3 aromatic rings. The predicted octanol–water partition coefficient (Wildman–Crippen LogP) is 7.19. The Kier molecular flexibility index (Phi) is 6.54. The van der Waals surface area contributed by atoms with Gasteiger partial charge in [0.05, 0.1) is 11.4 Å². The molecular formula is C28H32N2O2. The molecule has 0 saturated carbocycles. The number of hydrogen-bond acceptors (Lipinski definition) is 4. The van der Waals surface area contributed by atoms with E-state index in [-0.39, 0.29) is 22.3 Å². The molecule has 166 valence electrons. The second kappa shape index (κ2) is 8.99. The van der Waals surface area contributed by atoms with Gasteiger partial charge in [-0.05, 0) is 70.5 Å². The van der Waals surface area contributed by atoms with Gasteiger partial charge in [-0.1, -0.05) is 53.7 Å². The average molecular weight is 429 g/mol. The number of hydrogen-bond donors (Lipinski definition) is 2. The van der Waals surface area contributed by atoms with Crippen LogP contribution in [0.3, 0.4) is 0 Å². The van der Waals surface area contributed by atoms with E-state index in [4.69, 9.17) is 0 Å². The maximum atomic E-state index is 10.2. The molecule has 0 heterocycles. The highest BCUT2D eigenvalue weighted by Gasteiger charge is 2.15. The van der Waals surface area contributed by atoms with Crippen LogP contribution in [0.4, 0.5) is 11.4 Å². The fraction of sp³-hybridized carbons (Fsp3) is 0.286. The van der Waals surface area contributed by atoms with E-state index in [1.54, 1.807) is 24.6 Å². The number of rotatable bonds is 4. The first-order chi connectivity index (χ1) is 14.9. The van der Waals surface area contributed by atoms with Gasteiger partial charge in [-0.25, -0.2) is 0 Å². The quantitative estimate of drug-likeness (QED) is 0.432. The summed E-state index contributed by atoms with van der Waals surface area (Å²) in [7, 11) is 0. The third kappa shape index (κ3) is 5.85. The van der Waals surface area contributed by atoms with Gasteiger partial charge in [-0.3, -0.25) is 9.98 Å². The first-order valence-electron chi connectivity index (χ1n) is 10.8. The van der Waals surface area contributed by atoms with E-state index >= 15 is 0 Å². The van der Waals surface area contributed by atoms with Crippen molar-refractivity contribution in [2.24, 2.45) is 9.98 Å². The maximum Gasteiger partial charge on any atom is 0.124 e. The van der Waals surface area contributed by atoms with Crippen LogP contribution in [0.25, 0.3) is 0 Å². The van der Waals surface area contributed by atoms with E-state index in [1.807, 2.05) is 48.5 Å². The van der Waals surface area contributed by atoms with Crippen LogP contribution in [0.1, 0.15) is 63.8 Å². The maximum absolute atomic E-state index is 10.2. The summed E-state index contributed by atoms with van der Waals surface area (Å²) in [6.45, 7) is 12.8. The van der Waals surface area contributed by atoms with Crippen molar-refractivity contribution < 1.29 is 10.2 Å². The normalized spacial score (nSPS) is 12.7. The predicted molar refractivity (Wildman–Crippen MR) is 135 cm³/mol. The van der Waals surface area contributed by atoms with Crippen molar-refractivity contribution in [2.45, 2.75) is 52.4 Å². The molecule has 4 heteroatoms. The highest BCUT2D eigenvalue weighted by molar-refractivity contribution is 5.87. The van der Waals surface area contributed by atoms with Gasteiger partial charge in [-0.15, -0.1) is 0 Å². The molecule has 0 fully saturated rings. The Bertz CT molecular complexity index is 1050. The molecule has 0 saturated heterocycles. The molecule has 0 unspecified atom stereocenters. The fourth-order valence-electron chi connectivity index (χ4n) is 3.16. The second-order valence-electron chi connectivity index (χ2n) is 10.1. The molecule has 0 radical (unpaired) electrons. The third-order valence-electron chi connectivity index (χ3n) is 5.34. The molecule has 3 rings (SSSR count). The van der Waals surface area contributed by atoms with Gasteiger partial charge < -0.3 is 10.2 Å². The zero-order chi connectivity index (χ0) is 23.5. The number of aromatic hydroxyl groups is 2. The summed E-state index contributed by atoms with van der Waals surface area (Å²) in [6.07, 6.45) is 3.36. The van der Waals surface area contributed by atoms with E-state index in [1.165, 1.54) is 0 Å². The zero-order valence-electron chi connectivity index (χ0n) is 19.7. The van der Waals surface area contributed by atoms with Crippen LogP contribution in [0.5, 0.6) is 11.5 Å². The van der Waals surface area contributed by atoms with Gasteiger partial charge in [-0.2, -0.15) is 0 Å². The van der Waals surface area contributed by atoms with Crippen LogP contribution in [-0.4, -0.2) is 22.6 Å². The molecule has 0 aliphatic rings. The molecule has 0 aliphatic heterocycles. The minimum absolute atomic E-state index is 0.00320. The summed E-state index contributed by atoms with van der Waals surface area (Å²) in [4.78, 5) is 8.99. The lowest BCUT2D eigenvalue weighted by molar-refractivity contribution is 0.472. The lowest BCUT2D eigenvalue weighted by Gasteiger charge is -2.19. The minimum Gasteiger partial charge on any atom is -0.507 e. The molecule has 0 aliphatic carbocycles. The largest absolute Gasteiger partial charge is 0.507 e. The molecule has 32 heavy (non-hydrogen) atoms. The SMILES string of the molecule is CC(C)(C)c1ccc(O)c(C=Nc2ccc(N=Cc3cc(C(C)(C)C)ccc3O)cc2)c1. The minimum atomic E-state index is -0.00320. The topological polar surface area (TPSA) is 65.2 Å². The van der Waals surface area contributed by atoms with E-state index in [0.717, 1.165) is 22.5 Å². The Hall–Kier alpha value is -3.40. The van der Waals surface area contributed by atoms with E-state index in [2.05, 4.69) is 51.5 Å². The van der Waals surface area contributed by atoms with Gasteiger partial charge >= 0.3 is 0 Å². The van der Waals surface area contributed by atoms with Crippen molar-refractivity contribution in [3.05, 3.63) is 82.9 Å². The van der Waals surface area contributed by atoms with Crippen LogP contribution < -0.4 is 0 Å². The Morgan fingerprint density at radius 2 is 0.906 bits per heavy atom. The smallest absolute Gasteiger partial charge is 0.124 e. The van der Waals surface area contributed by atoms with Gasteiger partial charge in [0, 0.05) is 23.6 Å². The number of phenolic OH excluding ortho intramolecular Hbond substituents is 2. The molecular weight excluding hydrogens is 396 g/mol. The number of nitrogens with zero attached hydrogens (tertiary/aromatic N) is 2. The van der Waals surface area contributed by atoms with Crippen molar-refractivity contribution in [1.29, 1.82) is 0 Å². The molecule has 0 amide bonds. The summed E-state index contributed by atoms with van der Waals surface area (Å²) in [5, 5.41) is 20.3. The molecule has 3 aromatic carbocycles.